The average molecular weight is 317 g/mol. The third-order valence-electron chi connectivity index (χ3n) is 2.99. The van der Waals surface area contributed by atoms with Gasteiger partial charge in [0.1, 0.15) is 5.56 Å². The van der Waals surface area contributed by atoms with E-state index in [0.29, 0.717) is 26.2 Å². The van der Waals surface area contributed by atoms with Gasteiger partial charge in [-0.2, -0.15) is 5.10 Å². The van der Waals surface area contributed by atoms with E-state index >= 15 is 0 Å². The lowest BCUT2D eigenvalue weighted by atomic mass is 10.3. The molecule has 1 amide bonds. The Bertz CT molecular complexity index is 634. The normalized spacial score (nSPS) is 15.9. The Morgan fingerprint density at radius 3 is 2.67 bits per heavy atom. The zero-order chi connectivity index (χ0) is 15.5. The molecule has 0 atom stereocenters. The lowest BCUT2D eigenvalue weighted by molar-refractivity contribution is -0.130. The van der Waals surface area contributed by atoms with Crippen molar-refractivity contribution in [2.75, 3.05) is 32.7 Å². The minimum Gasteiger partial charge on any atom is -0.478 e. The Morgan fingerprint density at radius 1 is 1.38 bits per heavy atom. The van der Waals surface area contributed by atoms with E-state index in [0.717, 1.165) is 6.20 Å². The minimum absolute atomic E-state index is 0.364. The molecule has 1 fully saturated rings. The van der Waals surface area contributed by atoms with E-state index < -0.39 is 33.1 Å². The molecule has 1 saturated heterocycles. The summed E-state index contributed by atoms with van der Waals surface area (Å²) in [6.45, 7) is 1.89. The predicted octanol–water partition coefficient (Wildman–Crippen LogP) is -2.18. The van der Waals surface area contributed by atoms with E-state index in [1.54, 1.807) is 0 Å². The molecule has 0 aromatic carbocycles. The second-order valence-electron chi connectivity index (χ2n) is 4.37. The highest BCUT2D eigenvalue weighted by atomic mass is 32.2. The van der Waals surface area contributed by atoms with Gasteiger partial charge in [0.15, 0.2) is 5.03 Å². The van der Waals surface area contributed by atoms with Crippen LogP contribution in [0.5, 0.6) is 0 Å². The van der Waals surface area contributed by atoms with Gasteiger partial charge in [-0.05, 0) is 0 Å². The van der Waals surface area contributed by atoms with Crippen molar-refractivity contribution >= 4 is 21.9 Å². The molecule has 1 aromatic rings. The predicted molar refractivity (Wildman–Crippen MR) is 70.2 cm³/mol. The van der Waals surface area contributed by atoms with Crippen LogP contribution in [0.1, 0.15) is 10.4 Å². The van der Waals surface area contributed by atoms with Crippen LogP contribution in [0.3, 0.4) is 0 Å². The number of nitrogens with zero attached hydrogens (tertiary/aromatic N) is 2. The molecule has 1 aromatic heterocycles. The molecule has 1 aliphatic heterocycles. The lowest BCUT2D eigenvalue weighted by Gasteiger charge is -2.27. The van der Waals surface area contributed by atoms with Crippen LogP contribution in [-0.4, -0.2) is 73.2 Å². The fourth-order valence-electron chi connectivity index (χ4n) is 1.89. The average Bonchev–Trinajstić information content (AvgIpc) is 2.96. The zero-order valence-corrected chi connectivity index (χ0v) is 11.8. The number of hydrogen-bond acceptors (Lipinski definition) is 6. The molecule has 116 valence electrons. The van der Waals surface area contributed by atoms with Crippen molar-refractivity contribution in [2.24, 2.45) is 0 Å². The maximum atomic E-state index is 12.0. The summed E-state index contributed by atoms with van der Waals surface area (Å²) in [5, 5.41) is 16.9. The monoisotopic (exact) mass is 317 g/mol. The Labute approximate surface area is 120 Å². The third kappa shape index (κ3) is 3.56. The molecule has 4 N–H and O–H groups in total. The molecule has 0 unspecified atom stereocenters. The lowest BCUT2D eigenvalue weighted by Crippen LogP contribution is -2.49. The summed E-state index contributed by atoms with van der Waals surface area (Å²) in [6, 6.07) is 0. The number of carboxylic acid groups (broad SMARTS) is 1. The second-order valence-corrected chi connectivity index (χ2v) is 6.08. The van der Waals surface area contributed by atoms with Crippen LogP contribution in [-0.2, 0) is 14.8 Å². The molecule has 10 nitrogen and oxygen atoms in total. The van der Waals surface area contributed by atoms with Crippen LogP contribution >= 0.6 is 0 Å². The molecule has 0 aliphatic carbocycles. The third-order valence-corrected chi connectivity index (χ3v) is 4.36. The van der Waals surface area contributed by atoms with Crippen molar-refractivity contribution in [3.63, 3.8) is 0 Å². The van der Waals surface area contributed by atoms with Gasteiger partial charge in [-0.25, -0.2) is 17.9 Å². The first kappa shape index (κ1) is 15.4. The number of carbonyl (C=O) groups excluding carboxylic acids is 1. The molecule has 1 aliphatic rings. The highest BCUT2D eigenvalue weighted by Gasteiger charge is 2.26. The molecule has 21 heavy (non-hydrogen) atoms. The molecular weight excluding hydrogens is 302 g/mol. The van der Waals surface area contributed by atoms with Crippen molar-refractivity contribution in [1.82, 2.24) is 25.1 Å². The van der Waals surface area contributed by atoms with Gasteiger partial charge < -0.3 is 15.3 Å². The molecule has 2 rings (SSSR count). The SMILES string of the molecule is O=C(O)c1cn[nH]c1S(=O)(=O)NCC(=O)N1CCNCC1. The van der Waals surface area contributed by atoms with Crippen molar-refractivity contribution in [2.45, 2.75) is 5.03 Å². The second kappa shape index (κ2) is 6.20. The van der Waals surface area contributed by atoms with Crippen molar-refractivity contribution < 1.29 is 23.1 Å². The fourth-order valence-corrected chi connectivity index (χ4v) is 2.95. The maximum absolute atomic E-state index is 12.0. The molecule has 0 saturated carbocycles. The Hall–Kier alpha value is -1.98. The standard InChI is InChI=1S/C10H15N5O5S/c16-8(15-3-1-11-2-4-15)6-13-21(19,20)9-7(10(17)18)5-12-14-9/h5,11,13H,1-4,6H2,(H,12,14)(H,17,18). The van der Waals surface area contributed by atoms with Gasteiger partial charge in [0, 0.05) is 26.2 Å². The fraction of sp³-hybridized carbons (Fsp3) is 0.500. The first-order valence-electron chi connectivity index (χ1n) is 6.16. The summed E-state index contributed by atoms with van der Waals surface area (Å²) in [5.41, 5.74) is -0.475. The van der Waals surface area contributed by atoms with Crippen LogP contribution in [0.15, 0.2) is 11.2 Å². The topological polar surface area (TPSA) is 144 Å². The Balaban J connectivity index is 2.02. The summed E-state index contributed by atoms with van der Waals surface area (Å²) < 4.78 is 26.0. The number of rotatable bonds is 5. The maximum Gasteiger partial charge on any atom is 0.340 e. The highest BCUT2D eigenvalue weighted by molar-refractivity contribution is 7.89. The van der Waals surface area contributed by atoms with E-state index in [1.807, 2.05) is 0 Å². The van der Waals surface area contributed by atoms with Crippen LogP contribution in [0.25, 0.3) is 0 Å². The van der Waals surface area contributed by atoms with Crippen LogP contribution in [0, 0.1) is 0 Å². The van der Waals surface area contributed by atoms with Crippen LogP contribution in [0.2, 0.25) is 0 Å². The van der Waals surface area contributed by atoms with Gasteiger partial charge in [0.05, 0.1) is 12.7 Å². The number of hydrogen-bond donors (Lipinski definition) is 4. The van der Waals surface area contributed by atoms with Crippen LogP contribution < -0.4 is 10.0 Å². The van der Waals surface area contributed by atoms with Gasteiger partial charge in [-0.15, -0.1) is 0 Å². The van der Waals surface area contributed by atoms with Crippen molar-refractivity contribution in [3.8, 4) is 0 Å². The molecule has 11 heteroatoms. The Morgan fingerprint density at radius 2 is 2.05 bits per heavy atom. The molecule has 0 bridgehead atoms. The highest BCUT2D eigenvalue weighted by Crippen LogP contribution is 2.11. The number of amides is 1. The van der Waals surface area contributed by atoms with Crippen LogP contribution in [0.4, 0.5) is 0 Å². The number of nitrogens with one attached hydrogen (secondary N) is 3. The van der Waals surface area contributed by atoms with E-state index in [4.69, 9.17) is 5.11 Å². The van der Waals surface area contributed by atoms with Crippen molar-refractivity contribution in [3.05, 3.63) is 11.8 Å². The van der Waals surface area contributed by atoms with Gasteiger partial charge in [0.25, 0.3) is 10.0 Å². The number of aromatic nitrogens is 2. The van der Waals surface area contributed by atoms with Gasteiger partial charge in [-0.3, -0.25) is 9.89 Å². The molecular formula is C10H15N5O5S. The summed E-state index contributed by atoms with van der Waals surface area (Å²) >= 11 is 0. The summed E-state index contributed by atoms with van der Waals surface area (Å²) in [7, 11) is -4.14. The van der Waals surface area contributed by atoms with E-state index in [-0.39, 0.29) is 5.91 Å². The van der Waals surface area contributed by atoms with Gasteiger partial charge >= 0.3 is 5.97 Å². The minimum atomic E-state index is -4.14. The van der Waals surface area contributed by atoms with E-state index in [9.17, 15) is 18.0 Å². The largest absolute Gasteiger partial charge is 0.478 e. The number of piperazine rings is 1. The summed E-state index contributed by atoms with van der Waals surface area (Å²) in [5.74, 6) is -1.78. The number of H-pyrrole nitrogens is 1. The first-order valence-corrected chi connectivity index (χ1v) is 7.65. The smallest absolute Gasteiger partial charge is 0.340 e. The number of carbonyl (C=O) groups is 2. The Kier molecular flexibility index (Phi) is 4.55. The summed E-state index contributed by atoms with van der Waals surface area (Å²) in [4.78, 5) is 24.3. The number of sulfonamides is 1. The van der Waals surface area contributed by atoms with E-state index in [1.165, 1.54) is 4.90 Å². The molecule has 0 radical (unpaired) electrons. The first-order chi connectivity index (χ1) is 9.92. The quantitative estimate of drug-likeness (QED) is 0.483. The zero-order valence-electron chi connectivity index (χ0n) is 11.0. The molecule has 0 spiro atoms. The van der Waals surface area contributed by atoms with Gasteiger partial charge in [-0.1, -0.05) is 0 Å². The number of aromatic carboxylic acids is 1. The number of aromatic amines is 1. The number of carboxylic acids is 1. The van der Waals surface area contributed by atoms with E-state index in [2.05, 4.69) is 20.2 Å². The van der Waals surface area contributed by atoms with Crippen molar-refractivity contribution in [1.29, 1.82) is 0 Å². The molecule has 2 heterocycles. The summed E-state index contributed by atoms with van der Waals surface area (Å²) in [6.07, 6.45) is 0.898. The van der Waals surface area contributed by atoms with Gasteiger partial charge in [0.2, 0.25) is 5.91 Å².